The highest BCUT2D eigenvalue weighted by atomic mass is 32.2. The lowest BCUT2D eigenvalue weighted by Gasteiger charge is -2.29. The fourth-order valence-electron chi connectivity index (χ4n) is 4.04. The summed E-state index contributed by atoms with van der Waals surface area (Å²) < 4.78 is 23.8. The van der Waals surface area contributed by atoms with Crippen molar-refractivity contribution in [3.8, 4) is 0 Å². The molecule has 1 aromatic carbocycles. The summed E-state index contributed by atoms with van der Waals surface area (Å²) >= 11 is 0. The number of hydrogen-bond donors (Lipinski definition) is 1. The van der Waals surface area contributed by atoms with Crippen molar-refractivity contribution in [2.45, 2.75) is 31.7 Å². The van der Waals surface area contributed by atoms with Gasteiger partial charge in [-0.15, -0.1) is 0 Å². The first-order valence-corrected chi connectivity index (χ1v) is 10.3. The Morgan fingerprint density at radius 2 is 2.12 bits per heavy atom. The van der Waals surface area contributed by atoms with E-state index in [1.165, 1.54) is 0 Å². The maximum atomic E-state index is 11.9. The van der Waals surface area contributed by atoms with E-state index < -0.39 is 15.8 Å². The number of benzene rings is 1. The van der Waals surface area contributed by atoms with Crippen molar-refractivity contribution in [1.82, 2.24) is 4.98 Å². The molecule has 132 valence electrons. The van der Waals surface area contributed by atoms with Crippen molar-refractivity contribution in [3.63, 3.8) is 0 Å². The van der Waals surface area contributed by atoms with Crippen molar-refractivity contribution < 1.29 is 18.3 Å². The van der Waals surface area contributed by atoms with E-state index in [1.54, 1.807) is 18.2 Å². The lowest BCUT2D eigenvalue weighted by Crippen LogP contribution is -2.33. The minimum atomic E-state index is -2.99. The smallest absolute Gasteiger partial charge is 0.335 e. The van der Waals surface area contributed by atoms with E-state index in [-0.39, 0.29) is 23.1 Å². The Hall–Kier alpha value is -2.15. The van der Waals surface area contributed by atoms with Crippen LogP contribution in [0.3, 0.4) is 0 Å². The first-order valence-electron chi connectivity index (χ1n) is 8.48. The molecule has 1 fully saturated rings. The highest BCUT2D eigenvalue weighted by molar-refractivity contribution is 7.91. The Labute approximate surface area is 146 Å². The second-order valence-electron chi connectivity index (χ2n) is 6.94. The monoisotopic (exact) mass is 360 g/mol. The van der Waals surface area contributed by atoms with Gasteiger partial charge in [-0.05, 0) is 49.4 Å². The summed E-state index contributed by atoms with van der Waals surface area (Å²) in [5, 5.41) is 10.1. The number of aromatic carboxylic acids is 1. The van der Waals surface area contributed by atoms with Crippen molar-refractivity contribution >= 4 is 32.4 Å². The summed E-state index contributed by atoms with van der Waals surface area (Å²) in [6.45, 7) is 0. The average Bonchev–Trinajstić information content (AvgIpc) is 3.17. The number of carbonyl (C=O) groups is 1. The summed E-state index contributed by atoms with van der Waals surface area (Å²) in [6.07, 6.45) is 3.44. The number of rotatable bonds is 3. The molecular weight excluding hydrogens is 340 g/mol. The Balaban J connectivity index is 1.91. The fraction of sp³-hybridized carbons (Fsp3) is 0.444. The number of aryl methyl sites for hydroxylation is 1. The van der Waals surface area contributed by atoms with Gasteiger partial charge in [-0.1, -0.05) is 0 Å². The van der Waals surface area contributed by atoms with Crippen LogP contribution in [0.5, 0.6) is 0 Å². The van der Waals surface area contributed by atoms with Crippen LogP contribution in [0, 0.1) is 0 Å². The lowest BCUT2D eigenvalue weighted by atomic mass is 10.0. The van der Waals surface area contributed by atoms with Gasteiger partial charge >= 0.3 is 5.97 Å². The summed E-state index contributed by atoms with van der Waals surface area (Å²) in [5.74, 6) is -0.603. The predicted molar refractivity (Wildman–Crippen MR) is 96.2 cm³/mol. The molecule has 1 aromatic heterocycles. The van der Waals surface area contributed by atoms with Crippen LogP contribution in [-0.2, 0) is 22.7 Å². The molecule has 7 heteroatoms. The molecule has 25 heavy (non-hydrogen) atoms. The van der Waals surface area contributed by atoms with E-state index in [2.05, 4.69) is 0 Å². The molecule has 0 unspecified atom stereocenters. The molecule has 0 radical (unpaired) electrons. The molecule has 4 rings (SSSR count). The average molecular weight is 360 g/mol. The molecule has 1 atom stereocenters. The molecule has 2 aliphatic rings. The van der Waals surface area contributed by atoms with Gasteiger partial charge in [0.25, 0.3) is 0 Å². The summed E-state index contributed by atoms with van der Waals surface area (Å²) in [6, 6.07) is 4.91. The van der Waals surface area contributed by atoms with Gasteiger partial charge in [0, 0.05) is 24.2 Å². The van der Waals surface area contributed by atoms with Crippen LogP contribution in [0.1, 0.15) is 34.5 Å². The Bertz CT molecular complexity index is 984. The van der Waals surface area contributed by atoms with Crippen molar-refractivity contribution in [1.29, 1.82) is 0 Å². The number of pyridine rings is 1. The molecule has 1 aliphatic heterocycles. The first-order chi connectivity index (χ1) is 11.9. The first kappa shape index (κ1) is 16.3. The van der Waals surface area contributed by atoms with Crippen molar-refractivity contribution in [2.24, 2.45) is 0 Å². The van der Waals surface area contributed by atoms with E-state index in [4.69, 9.17) is 4.98 Å². The van der Waals surface area contributed by atoms with Crippen LogP contribution in [0.4, 0.5) is 5.69 Å². The highest BCUT2D eigenvalue weighted by Gasteiger charge is 2.33. The summed E-state index contributed by atoms with van der Waals surface area (Å²) in [7, 11) is -1.07. The minimum Gasteiger partial charge on any atom is -0.478 e. The zero-order valence-electron chi connectivity index (χ0n) is 14.0. The second kappa shape index (κ2) is 5.69. The minimum absolute atomic E-state index is 0.0752. The molecule has 2 aromatic rings. The van der Waals surface area contributed by atoms with Crippen molar-refractivity contribution in [3.05, 3.63) is 35.0 Å². The zero-order chi connectivity index (χ0) is 17.8. The Kier molecular flexibility index (Phi) is 3.72. The SMILES string of the molecule is CN(c1c2c(nc3ccc(C(=O)O)cc13)CCC2)[C@H]1CCS(=O)(=O)C1. The third-order valence-electron chi connectivity index (χ3n) is 5.34. The van der Waals surface area contributed by atoms with E-state index in [0.29, 0.717) is 6.42 Å². The topological polar surface area (TPSA) is 87.6 Å². The predicted octanol–water partition coefficient (Wildman–Crippen LogP) is 2.04. The lowest BCUT2D eigenvalue weighted by molar-refractivity contribution is 0.0697. The van der Waals surface area contributed by atoms with E-state index in [0.717, 1.165) is 47.1 Å². The number of anilines is 1. The normalized spacial score (nSPS) is 21.4. The van der Waals surface area contributed by atoms with Gasteiger partial charge in [-0.25, -0.2) is 13.2 Å². The summed E-state index contributed by atoms with van der Waals surface area (Å²) in [4.78, 5) is 18.2. The molecule has 2 heterocycles. The number of nitrogens with zero attached hydrogens (tertiary/aromatic N) is 2. The van der Waals surface area contributed by atoms with Gasteiger partial charge in [-0.2, -0.15) is 0 Å². The maximum Gasteiger partial charge on any atom is 0.335 e. The van der Waals surface area contributed by atoms with Crippen LogP contribution in [0.25, 0.3) is 10.9 Å². The van der Waals surface area contributed by atoms with E-state index in [9.17, 15) is 18.3 Å². The molecular formula is C18H20N2O4S. The zero-order valence-corrected chi connectivity index (χ0v) is 14.8. The number of fused-ring (bicyclic) bond motifs is 2. The number of carboxylic acids is 1. The number of sulfone groups is 1. The molecule has 6 nitrogen and oxygen atoms in total. The van der Waals surface area contributed by atoms with Crippen molar-refractivity contribution in [2.75, 3.05) is 23.5 Å². The van der Waals surface area contributed by atoms with Crippen LogP contribution >= 0.6 is 0 Å². The number of hydrogen-bond acceptors (Lipinski definition) is 5. The van der Waals surface area contributed by atoms with Crippen LogP contribution in [0.15, 0.2) is 18.2 Å². The highest BCUT2D eigenvalue weighted by Crippen LogP contribution is 2.38. The molecule has 1 saturated heterocycles. The molecule has 0 amide bonds. The molecule has 1 N–H and O–H groups in total. The van der Waals surface area contributed by atoms with Gasteiger partial charge in [0.1, 0.15) is 0 Å². The Morgan fingerprint density at radius 3 is 2.80 bits per heavy atom. The third kappa shape index (κ3) is 2.76. The van der Waals surface area contributed by atoms with Crippen LogP contribution in [-0.4, -0.2) is 49.1 Å². The van der Waals surface area contributed by atoms with Gasteiger partial charge in [-0.3, -0.25) is 4.98 Å². The van der Waals surface area contributed by atoms with E-state index in [1.807, 2.05) is 11.9 Å². The molecule has 1 aliphatic carbocycles. The van der Waals surface area contributed by atoms with Gasteiger partial charge < -0.3 is 10.0 Å². The fourth-order valence-corrected chi connectivity index (χ4v) is 5.81. The largest absolute Gasteiger partial charge is 0.478 e. The Morgan fingerprint density at radius 1 is 1.32 bits per heavy atom. The molecule has 0 spiro atoms. The molecule has 0 saturated carbocycles. The van der Waals surface area contributed by atoms with Gasteiger partial charge in [0.05, 0.1) is 28.3 Å². The van der Waals surface area contributed by atoms with Crippen LogP contribution in [0.2, 0.25) is 0 Å². The second-order valence-corrected chi connectivity index (χ2v) is 9.17. The number of aromatic nitrogens is 1. The quantitative estimate of drug-likeness (QED) is 0.901. The molecule has 0 bridgehead atoms. The maximum absolute atomic E-state index is 11.9. The number of carboxylic acid groups (broad SMARTS) is 1. The summed E-state index contributed by atoms with van der Waals surface area (Å²) in [5.41, 5.74) is 4.15. The van der Waals surface area contributed by atoms with Gasteiger partial charge in [0.15, 0.2) is 9.84 Å². The third-order valence-corrected chi connectivity index (χ3v) is 7.09. The van der Waals surface area contributed by atoms with Gasteiger partial charge in [0.2, 0.25) is 0 Å². The van der Waals surface area contributed by atoms with Crippen LogP contribution < -0.4 is 4.90 Å². The van der Waals surface area contributed by atoms with E-state index >= 15 is 0 Å². The standard InChI is InChI=1S/C18H20N2O4S/c1-20(12-7-8-25(23,24)10-12)17-13-3-2-4-15(13)19-16-6-5-11(18(21)22)9-14(16)17/h5-6,9,12H,2-4,7-8,10H2,1H3,(H,21,22)/t12-/m0/s1.